The van der Waals surface area contributed by atoms with Gasteiger partial charge in [0.1, 0.15) is 0 Å². The fourth-order valence-corrected chi connectivity index (χ4v) is 2.08. The summed E-state index contributed by atoms with van der Waals surface area (Å²) in [6, 6.07) is 8.45. The molecule has 0 saturated heterocycles. The number of benzene rings is 1. The van der Waals surface area contributed by atoms with Crippen molar-refractivity contribution in [1.29, 1.82) is 0 Å². The SMILES string of the molecule is NC(=O)CCCN1CCc2ccccc21. The van der Waals surface area contributed by atoms with Crippen LogP contribution in [0.2, 0.25) is 0 Å². The van der Waals surface area contributed by atoms with E-state index < -0.39 is 0 Å². The number of hydrogen-bond acceptors (Lipinski definition) is 2. The third-order valence-electron chi connectivity index (χ3n) is 2.83. The summed E-state index contributed by atoms with van der Waals surface area (Å²) in [7, 11) is 0. The minimum Gasteiger partial charge on any atom is -0.371 e. The topological polar surface area (TPSA) is 46.3 Å². The monoisotopic (exact) mass is 204 g/mol. The van der Waals surface area contributed by atoms with Gasteiger partial charge in [-0.05, 0) is 24.5 Å². The summed E-state index contributed by atoms with van der Waals surface area (Å²) in [4.78, 5) is 13.0. The van der Waals surface area contributed by atoms with Crippen LogP contribution in [0, 0.1) is 0 Å². The molecule has 0 unspecified atom stereocenters. The molecule has 3 nitrogen and oxygen atoms in total. The highest BCUT2D eigenvalue weighted by Gasteiger charge is 2.17. The van der Waals surface area contributed by atoms with Crippen LogP contribution in [-0.2, 0) is 11.2 Å². The van der Waals surface area contributed by atoms with E-state index >= 15 is 0 Å². The summed E-state index contributed by atoms with van der Waals surface area (Å²) in [5, 5.41) is 0. The Morgan fingerprint density at radius 1 is 1.40 bits per heavy atom. The molecule has 2 rings (SSSR count). The van der Waals surface area contributed by atoms with Gasteiger partial charge in [-0.1, -0.05) is 18.2 Å². The summed E-state index contributed by atoms with van der Waals surface area (Å²) in [5.74, 6) is -0.206. The number of fused-ring (bicyclic) bond motifs is 1. The van der Waals surface area contributed by atoms with Crippen molar-refractivity contribution in [1.82, 2.24) is 0 Å². The fraction of sp³-hybridized carbons (Fsp3) is 0.417. The minimum absolute atomic E-state index is 0.206. The van der Waals surface area contributed by atoms with E-state index in [1.807, 2.05) is 0 Å². The van der Waals surface area contributed by atoms with E-state index in [-0.39, 0.29) is 5.91 Å². The van der Waals surface area contributed by atoms with Crippen molar-refractivity contribution in [3.05, 3.63) is 29.8 Å². The number of anilines is 1. The summed E-state index contributed by atoms with van der Waals surface area (Å²) < 4.78 is 0. The second-order valence-electron chi connectivity index (χ2n) is 3.94. The van der Waals surface area contributed by atoms with Crippen molar-refractivity contribution in [2.24, 2.45) is 5.73 Å². The molecule has 0 radical (unpaired) electrons. The molecule has 1 amide bonds. The fourth-order valence-electron chi connectivity index (χ4n) is 2.08. The lowest BCUT2D eigenvalue weighted by Crippen LogP contribution is -2.23. The van der Waals surface area contributed by atoms with Crippen molar-refractivity contribution in [3.63, 3.8) is 0 Å². The molecular formula is C12H16N2O. The van der Waals surface area contributed by atoms with Gasteiger partial charge in [0, 0.05) is 25.2 Å². The van der Waals surface area contributed by atoms with Crippen LogP contribution in [0.1, 0.15) is 18.4 Å². The van der Waals surface area contributed by atoms with Crippen LogP contribution < -0.4 is 10.6 Å². The molecule has 1 aliphatic rings. The number of carbonyl (C=O) groups excluding carboxylic acids is 1. The number of primary amides is 1. The van der Waals surface area contributed by atoms with Crippen LogP contribution in [0.4, 0.5) is 5.69 Å². The number of nitrogens with two attached hydrogens (primary N) is 1. The van der Waals surface area contributed by atoms with Gasteiger partial charge in [-0.25, -0.2) is 0 Å². The van der Waals surface area contributed by atoms with Crippen LogP contribution in [0.3, 0.4) is 0 Å². The van der Waals surface area contributed by atoms with E-state index in [4.69, 9.17) is 5.73 Å². The lowest BCUT2D eigenvalue weighted by atomic mass is 10.2. The average molecular weight is 204 g/mol. The van der Waals surface area contributed by atoms with Gasteiger partial charge in [-0.2, -0.15) is 0 Å². The van der Waals surface area contributed by atoms with Gasteiger partial charge in [0.15, 0.2) is 0 Å². The minimum atomic E-state index is -0.206. The molecule has 1 aromatic carbocycles. The first kappa shape index (κ1) is 10.0. The van der Waals surface area contributed by atoms with E-state index in [1.165, 1.54) is 11.3 Å². The highest BCUT2D eigenvalue weighted by Crippen LogP contribution is 2.27. The van der Waals surface area contributed by atoms with Gasteiger partial charge in [0.2, 0.25) is 5.91 Å². The van der Waals surface area contributed by atoms with E-state index in [2.05, 4.69) is 29.2 Å². The highest BCUT2D eigenvalue weighted by atomic mass is 16.1. The summed E-state index contributed by atoms with van der Waals surface area (Å²) in [6.45, 7) is 2.00. The van der Waals surface area contributed by atoms with Gasteiger partial charge in [0.25, 0.3) is 0 Å². The van der Waals surface area contributed by atoms with E-state index in [9.17, 15) is 4.79 Å². The van der Waals surface area contributed by atoms with Crippen LogP contribution in [0.15, 0.2) is 24.3 Å². The molecule has 1 aliphatic heterocycles. The van der Waals surface area contributed by atoms with Crippen molar-refractivity contribution in [2.75, 3.05) is 18.0 Å². The maximum absolute atomic E-state index is 10.6. The molecule has 0 saturated carbocycles. The molecule has 0 aliphatic carbocycles. The smallest absolute Gasteiger partial charge is 0.217 e. The number of nitrogens with zero attached hydrogens (tertiary/aromatic N) is 1. The Labute approximate surface area is 89.9 Å². The molecule has 0 aromatic heterocycles. The summed E-state index contributed by atoms with van der Waals surface area (Å²) >= 11 is 0. The molecule has 1 aromatic rings. The Kier molecular flexibility index (Phi) is 2.90. The maximum Gasteiger partial charge on any atom is 0.217 e. The Balaban J connectivity index is 1.93. The largest absolute Gasteiger partial charge is 0.371 e. The standard InChI is InChI=1S/C12H16N2O/c13-12(15)6-3-8-14-9-7-10-4-1-2-5-11(10)14/h1-2,4-5H,3,6-9H2,(H2,13,15). The van der Waals surface area contributed by atoms with E-state index in [0.29, 0.717) is 6.42 Å². The van der Waals surface area contributed by atoms with Gasteiger partial charge in [-0.3, -0.25) is 4.79 Å². The number of hydrogen-bond donors (Lipinski definition) is 1. The Bertz CT molecular complexity index is 362. The van der Waals surface area contributed by atoms with E-state index in [0.717, 1.165) is 25.9 Å². The molecule has 15 heavy (non-hydrogen) atoms. The molecule has 0 atom stereocenters. The molecule has 0 spiro atoms. The van der Waals surface area contributed by atoms with Gasteiger partial charge in [-0.15, -0.1) is 0 Å². The number of para-hydroxylation sites is 1. The normalized spacial score (nSPS) is 14.0. The van der Waals surface area contributed by atoms with Crippen LogP contribution in [-0.4, -0.2) is 19.0 Å². The number of rotatable bonds is 4. The second kappa shape index (κ2) is 4.34. The Hall–Kier alpha value is -1.51. The average Bonchev–Trinajstić information content (AvgIpc) is 2.62. The van der Waals surface area contributed by atoms with Crippen molar-refractivity contribution in [3.8, 4) is 0 Å². The van der Waals surface area contributed by atoms with Crippen LogP contribution in [0.5, 0.6) is 0 Å². The van der Waals surface area contributed by atoms with Crippen molar-refractivity contribution in [2.45, 2.75) is 19.3 Å². The van der Waals surface area contributed by atoms with Gasteiger partial charge >= 0.3 is 0 Å². The third kappa shape index (κ3) is 2.29. The third-order valence-corrected chi connectivity index (χ3v) is 2.83. The molecule has 1 heterocycles. The summed E-state index contributed by atoms with van der Waals surface area (Å²) in [6.07, 6.45) is 2.45. The Morgan fingerprint density at radius 2 is 2.20 bits per heavy atom. The molecule has 80 valence electrons. The zero-order valence-corrected chi connectivity index (χ0v) is 8.78. The van der Waals surface area contributed by atoms with Crippen LogP contribution in [0.25, 0.3) is 0 Å². The van der Waals surface area contributed by atoms with Crippen molar-refractivity contribution < 1.29 is 4.79 Å². The quantitative estimate of drug-likeness (QED) is 0.804. The lowest BCUT2D eigenvalue weighted by molar-refractivity contribution is -0.118. The lowest BCUT2D eigenvalue weighted by Gasteiger charge is -2.18. The zero-order valence-electron chi connectivity index (χ0n) is 8.78. The van der Waals surface area contributed by atoms with Gasteiger partial charge in [0.05, 0.1) is 0 Å². The molecule has 0 fully saturated rings. The Morgan fingerprint density at radius 3 is 3.00 bits per heavy atom. The first-order chi connectivity index (χ1) is 7.27. The first-order valence-electron chi connectivity index (χ1n) is 5.38. The molecule has 3 heteroatoms. The number of carbonyl (C=O) groups is 1. The first-order valence-corrected chi connectivity index (χ1v) is 5.38. The second-order valence-corrected chi connectivity index (χ2v) is 3.94. The molecule has 0 bridgehead atoms. The number of amides is 1. The van der Waals surface area contributed by atoms with Crippen molar-refractivity contribution >= 4 is 11.6 Å². The predicted molar refractivity (Wildman–Crippen MR) is 60.8 cm³/mol. The van der Waals surface area contributed by atoms with Crippen LogP contribution >= 0.6 is 0 Å². The zero-order chi connectivity index (χ0) is 10.7. The van der Waals surface area contributed by atoms with E-state index in [1.54, 1.807) is 0 Å². The predicted octanol–water partition coefficient (Wildman–Crippen LogP) is 1.31. The van der Waals surface area contributed by atoms with Gasteiger partial charge < -0.3 is 10.6 Å². The summed E-state index contributed by atoms with van der Waals surface area (Å²) in [5.41, 5.74) is 7.85. The highest BCUT2D eigenvalue weighted by molar-refractivity contribution is 5.73. The molecular weight excluding hydrogens is 188 g/mol. The molecule has 2 N–H and O–H groups in total. The maximum atomic E-state index is 10.6.